The van der Waals surface area contributed by atoms with Crippen LogP contribution in [0.15, 0.2) is 48.5 Å². The van der Waals surface area contributed by atoms with Crippen molar-refractivity contribution in [1.82, 2.24) is 5.32 Å². The van der Waals surface area contributed by atoms with Crippen LogP contribution in [-0.4, -0.2) is 25.0 Å². The van der Waals surface area contributed by atoms with Gasteiger partial charge in [0.2, 0.25) is 5.91 Å². The molecule has 0 saturated carbocycles. The number of benzene rings is 2. The number of anilines is 1. The molecule has 0 aliphatic heterocycles. The van der Waals surface area contributed by atoms with Gasteiger partial charge in [0.25, 0.3) is 5.91 Å². The summed E-state index contributed by atoms with van der Waals surface area (Å²) in [6, 6.07) is 14.9. The van der Waals surface area contributed by atoms with E-state index in [1.54, 1.807) is 24.3 Å². The SMILES string of the molecule is CCNC(=O)c1cccc(NC(=O)CCCCOc2cccc(C)c2)c1. The summed E-state index contributed by atoms with van der Waals surface area (Å²) in [5.41, 5.74) is 2.34. The van der Waals surface area contributed by atoms with Crippen LogP contribution in [0.4, 0.5) is 5.69 Å². The van der Waals surface area contributed by atoms with Crippen LogP contribution >= 0.6 is 0 Å². The third-order valence-corrected chi connectivity index (χ3v) is 3.80. The predicted molar refractivity (Wildman–Crippen MR) is 104 cm³/mol. The lowest BCUT2D eigenvalue weighted by Gasteiger charge is -2.08. The van der Waals surface area contributed by atoms with Crippen LogP contribution in [0.1, 0.15) is 42.1 Å². The standard InChI is InChI=1S/C21H26N2O3/c1-3-22-21(25)17-9-7-10-18(15-17)23-20(24)12-4-5-13-26-19-11-6-8-16(2)14-19/h6-11,14-15H,3-5,12-13H2,1-2H3,(H,22,25)(H,23,24). The van der Waals surface area contributed by atoms with E-state index in [-0.39, 0.29) is 11.8 Å². The van der Waals surface area contributed by atoms with Crippen molar-refractivity contribution in [2.45, 2.75) is 33.1 Å². The first-order valence-electron chi connectivity index (χ1n) is 8.96. The fraction of sp³-hybridized carbons (Fsp3) is 0.333. The van der Waals surface area contributed by atoms with Crippen LogP contribution in [0.25, 0.3) is 0 Å². The van der Waals surface area contributed by atoms with E-state index in [4.69, 9.17) is 4.74 Å². The number of hydrogen-bond acceptors (Lipinski definition) is 3. The summed E-state index contributed by atoms with van der Waals surface area (Å²) in [4.78, 5) is 23.9. The summed E-state index contributed by atoms with van der Waals surface area (Å²) in [6.07, 6.45) is 1.97. The second kappa shape index (κ2) is 10.2. The van der Waals surface area contributed by atoms with Crippen molar-refractivity contribution in [3.8, 4) is 5.75 Å². The third-order valence-electron chi connectivity index (χ3n) is 3.80. The van der Waals surface area contributed by atoms with E-state index in [1.165, 1.54) is 0 Å². The smallest absolute Gasteiger partial charge is 0.251 e. The average Bonchev–Trinajstić information content (AvgIpc) is 2.62. The molecular formula is C21H26N2O3. The molecular weight excluding hydrogens is 328 g/mol. The first-order valence-corrected chi connectivity index (χ1v) is 8.96. The Morgan fingerprint density at radius 3 is 2.62 bits per heavy atom. The molecule has 0 saturated heterocycles. The van der Waals surface area contributed by atoms with E-state index in [0.717, 1.165) is 24.2 Å². The second-order valence-electron chi connectivity index (χ2n) is 6.11. The Kier molecular flexibility index (Phi) is 7.68. The molecule has 2 rings (SSSR count). The topological polar surface area (TPSA) is 67.4 Å². The molecule has 0 fully saturated rings. The maximum atomic E-state index is 12.0. The molecule has 5 nitrogen and oxygen atoms in total. The zero-order chi connectivity index (χ0) is 18.8. The molecule has 0 bridgehead atoms. The molecule has 26 heavy (non-hydrogen) atoms. The van der Waals surface area contributed by atoms with Gasteiger partial charge < -0.3 is 15.4 Å². The van der Waals surface area contributed by atoms with Gasteiger partial charge in [-0.2, -0.15) is 0 Å². The minimum absolute atomic E-state index is 0.0615. The van der Waals surface area contributed by atoms with E-state index >= 15 is 0 Å². The molecule has 2 aromatic rings. The second-order valence-corrected chi connectivity index (χ2v) is 6.11. The highest BCUT2D eigenvalue weighted by molar-refractivity contribution is 5.97. The molecule has 0 spiro atoms. The van der Waals surface area contributed by atoms with E-state index in [1.807, 2.05) is 38.1 Å². The first kappa shape index (κ1) is 19.5. The normalized spacial score (nSPS) is 10.2. The molecule has 2 aromatic carbocycles. The minimum atomic E-state index is -0.142. The van der Waals surface area contributed by atoms with Gasteiger partial charge in [0.15, 0.2) is 0 Å². The van der Waals surface area contributed by atoms with Crippen LogP contribution < -0.4 is 15.4 Å². The van der Waals surface area contributed by atoms with Crippen molar-refractivity contribution in [1.29, 1.82) is 0 Å². The maximum Gasteiger partial charge on any atom is 0.251 e. The molecule has 0 aliphatic carbocycles. The van der Waals surface area contributed by atoms with E-state index < -0.39 is 0 Å². The molecule has 0 unspecified atom stereocenters. The molecule has 2 N–H and O–H groups in total. The van der Waals surface area contributed by atoms with Crippen LogP contribution in [-0.2, 0) is 4.79 Å². The minimum Gasteiger partial charge on any atom is -0.494 e. The Labute approximate surface area is 154 Å². The lowest BCUT2D eigenvalue weighted by Crippen LogP contribution is -2.22. The van der Waals surface area contributed by atoms with E-state index in [2.05, 4.69) is 10.6 Å². The van der Waals surface area contributed by atoms with Gasteiger partial charge in [-0.15, -0.1) is 0 Å². The molecule has 0 heterocycles. The summed E-state index contributed by atoms with van der Waals surface area (Å²) >= 11 is 0. The highest BCUT2D eigenvalue weighted by atomic mass is 16.5. The largest absolute Gasteiger partial charge is 0.494 e. The third kappa shape index (κ3) is 6.59. The zero-order valence-electron chi connectivity index (χ0n) is 15.4. The number of hydrogen-bond donors (Lipinski definition) is 2. The molecule has 0 atom stereocenters. The number of rotatable bonds is 9. The molecule has 5 heteroatoms. The summed E-state index contributed by atoms with van der Waals surface area (Å²) in [5.74, 6) is 0.655. The number of carbonyl (C=O) groups excluding carboxylic acids is 2. The molecule has 2 amide bonds. The molecule has 0 aliphatic rings. The van der Waals surface area contributed by atoms with Crippen molar-refractivity contribution in [3.05, 3.63) is 59.7 Å². The Morgan fingerprint density at radius 2 is 1.85 bits per heavy atom. The molecule has 0 aromatic heterocycles. The average molecular weight is 354 g/mol. The Bertz CT molecular complexity index is 744. The Morgan fingerprint density at radius 1 is 1.04 bits per heavy atom. The summed E-state index contributed by atoms with van der Waals surface area (Å²) in [6.45, 7) is 5.05. The van der Waals surface area contributed by atoms with Gasteiger partial charge in [0, 0.05) is 24.2 Å². The van der Waals surface area contributed by atoms with E-state index in [0.29, 0.717) is 30.8 Å². The fourth-order valence-electron chi connectivity index (χ4n) is 2.51. The van der Waals surface area contributed by atoms with Crippen molar-refractivity contribution in [3.63, 3.8) is 0 Å². The number of amides is 2. The van der Waals surface area contributed by atoms with E-state index in [9.17, 15) is 9.59 Å². The van der Waals surface area contributed by atoms with Gasteiger partial charge >= 0.3 is 0 Å². The fourth-order valence-corrected chi connectivity index (χ4v) is 2.51. The van der Waals surface area contributed by atoms with Gasteiger partial charge in [-0.1, -0.05) is 18.2 Å². The van der Waals surface area contributed by atoms with Crippen LogP contribution in [0.3, 0.4) is 0 Å². The predicted octanol–water partition coefficient (Wildman–Crippen LogP) is 3.93. The number of nitrogens with one attached hydrogen (secondary N) is 2. The lowest BCUT2D eigenvalue weighted by molar-refractivity contribution is -0.116. The van der Waals surface area contributed by atoms with Gasteiger partial charge in [0.1, 0.15) is 5.75 Å². The lowest BCUT2D eigenvalue weighted by atomic mass is 10.1. The van der Waals surface area contributed by atoms with Crippen LogP contribution in [0, 0.1) is 6.92 Å². The Hall–Kier alpha value is -2.82. The van der Waals surface area contributed by atoms with Crippen LogP contribution in [0.5, 0.6) is 5.75 Å². The highest BCUT2D eigenvalue weighted by Crippen LogP contribution is 2.14. The molecule has 138 valence electrons. The van der Waals surface area contributed by atoms with Crippen molar-refractivity contribution >= 4 is 17.5 Å². The zero-order valence-corrected chi connectivity index (χ0v) is 15.4. The summed E-state index contributed by atoms with van der Waals surface area (Å²) in [7, 11) is 0. The Balaban J connectivity index is 1.70. The van der Waals surface area contributed by atoms with Crippen molar-refractivity contribution < 1.29 is 14.3 Å². The van der Waals surface area contributed by atoms with Gasteiger partial charge in [0.05, 0.1) is 6.61 Å². The summed E-state index contributed by atoms with van der Waals surface area (Å²) in [5, 5.41) is 5.58. The van der Waals surface area contributed by atoms with Crippen LogP contribution in [0.2, 0.25) is 0 Å². The first-order chi connectivity index (χ1) is 12.6. The van der Waals surface area contributed by atoms with Crippen molar-refractivity contribution in [2.75, 3.05) is 18.5 Å². The van der Waals surface area contributed by atoms with Crippen molar-refractivity contribution in [2.24, 2.45) is 0 Å². The number of ether oxygens (including phenoxy) is 1. The monoisotopic (exact) mass is 354 g/mol. The number of unbranched alkanes of at least 4 members (excludes halogenated alkanes) is 1. The van der Waals surface area contributed by atoms with Gasteiger partial charge in [-0.25, -0.2) is 0 Å². The van der Waals surface area contributed by atoms with Gasteiger partial charge in [-0.3, -0.25) is 9.59 Å². The number of aryl methyl sites for hydroxylation is 1. The number of carbonyl (C=O) groups is 2. The quantitative estimate of drug-likeness (QED) is 0.671. The maximum absolute atomic E-state index is 12.0. The van der Waals surface area contributed by atoms with Gasteiger partial charge in [-0.05, 0) is 62.6 Å². The molecule has 0 radical (unpaired) electrons. The summed E-state index contributed by atoms with van der Waals surface area (Å²) < 4.78 is 5.68. The highest BCUT2D eigenvalue weighted by Gasteiger charge is 2.07.